The number of rotatable bonds is 19. The van der Waals surface area contributed by atoms with Crippen molar-refractivity contribution in [3.05, 3.63) is 53.6 Å². The predicted molar refractivity (Wildman–Crippen MR) is 187 cm³/mol. The standard InChI is InChI=1S/C34H51N4O10P/c1-8-26(18-32(40)47-21-46-31(39)15-16-35-33(41)25(7)48-49(43,44)45)27-11-14-30(38(19-22(2)3)20-23(4)5)29(17-27)37-34(42)36-28-12-9-24(6)10-13-28/h9-14,17,22-23,25-26H,8,15-16,18-21H2,1-7H3,(H,35,41)(H2,36,37,42)(H2,43,44,45)/t25-,26-/m0/s1. The summed E-state index contributed by atoms with van der Waals surface area (Å²) in [5.41, 5.74) is 4.04. The summed E-state index contributed by atoms with van der Waals surface area (Å²) in [5.74, 6) is -1.68. The molecule has 0 fully saturated rings. The van der Waals surface area contributed by atoms with Crippen LogP contribution in [0.5, 0.6) is 0 Å². The fourth-order valence-corrected chi connectivity index (χ4v) is 5.44. The summed E-state index contributed by atoms with van der Waals surface area (Å²) in [6.45, 7) is 14.4. The van der Waals surface area contributed by atoms with Crippen LogP contribution >= 0.6 is 7.82 Å². The third-order valence-corrected chi connectivity index (χ3v) is 7.79. The van der Waals surface area contributed by atoms with E-state index in [2.05, 4.69) is 53.1 Å². The van der Waals surface area contributed by atoms with Gasteiger partial charge in [-0.2, -0.15) is 0 Å². The lowest BCUT2D eigenvalue weighted by Crippen LogP contribution is -2.35. The summed E-state index contributed by atoms with van der Waals surface area (Å²) in [6.07, 6.45) is -1.11. The largest absolute Gasteiger partial charge is 0.470 e. The first-order chi connectivity index (χ1) is 23.0. The first-order valence-corrected chi connectivity index (χ1v) is 17.9. The van der Waals surface area contributed by atoms with E-state index in [-0.39, 0.29) is 25.3 Å². The zero-order chi connectivity index (χ0) is 36.7. The number of hydrogen-bond acceptors (Lipinski definition) is 9. The Balaban J connectivity index is 2.07. The second-order valence-electron chi connectivity index (χ2n) is 12.7. The molecule has 0 heterocycles. The van der Waals surface area contributed by atoms with Crippen molar-refractivity contribution in [2.45, 2.75) is 79.8 Å². The van der Waals surface area contributed by atoms with E-state index in [0.717, 1.165) is 36.8 Å². The Bertz CT molecular complexity index is 1430. The van der Waals surface area contributed by atoms with Gasteiger partial charge in [-0.05, 0) is 67.9 Å². The van der Waals surface area contributed by atoms with Crippen LogP contribution in [0, 0.1) is 18.8 Å². The highest BCUT2D eigenvalue weighted by atomic mass is 31.2. The molecular weight excluding hydrogens is 655 g/mol. The Morgan fingerprint density at radius 2 is 1.49 bits per heavy atom. The van der Waals surface area contributed by atoms with Crippen LogP contribution in [-0.2, 0) is 32.9 Å². The highest BCUT2D eigenvalue weighted by Gasteiger charge is 2.24. The van der Waals surface area contributed by atoms with E-state index < -0.39 is 44.6 Å². The lowest BCUT2D eigenvalue weighted by Gasteiger charge is -2.31. The summed E-state index contributed by atoms with van der Waals surface area (Å²) < 4.78 is 25.2. The molecule has 2 aromatic rings. The minimum absolute atomic E-state index is 0.00236. The molecule has 14 nitrogen and oxygen atoms in total. The molecule has 0 aliphatic carbocycles. The second-order valence-corrected chi connectivity index (χ2v) is 13.8. The third-order valence-electron chi connectivity index (χ3n) is 7.20. The number of carbonyl (C=O) groups excluding carboxylic acids is 4. The molecule has 5 N–H and O–H groups in total. The number of aryl methyl sites for hydroxylation is 1. The van der Waals surface area contributed by atoms with Crippen LogP contribution in [0.2, 0.25) is 0 Å². The Kier molecular flexibility index (Phi) is 16.7. The maximum absolute atomic E-state index is 13.2. The fourth-order valence-electron chi connectivity index (χ4n) is 4.93. The Hall–Kier alpha value is -3.97. The molecule has 0 saturated carbocycles. The number of carbonyl (C=O) groups is 4. The van der Waals surface area contributed by atoms with Gasteiger partial charge < -0.3 is 40.1 Å². The van der Waals surface area contributed by atoms with E-state index in [9.17, 15) is 23.7 Å². The van der Waals surface area contributed by atoms with E-state index >= 15 is 0 Å². The number of nitrogens with zero attached hydrogens (tertiary/aromatic N) is 1. The summed E-state index contributed by atoms with van der Waals surface area (Å²) >= 11 is 0. The van der Waals surface area contributed by atoms with Crippen molar-refractivity contribution >= 4 is 48.8 Å². The molecule has 2 rings (SSSR count). The molecular formula is C34H51N4O10P. The number of nitrogens with one attached hydrogen (secondary N) is 3. The molecule has 49 heavy (non-hydrogen) atoms. The quantitative estimate of drug-likeness (QED) is 0.0685. The van der Waals surface area contributed by atoms with Gasteiger partial charge in [-0.15, -0.1) is 0 Å². The Morgan fingerprint density at radius 1 is 0.878 bits per heavy atom. The number of urea groups is 1. The molecule has 2 atom stereocenters. The van der Waals surface area contributed by atoms with Gasteiger partial charge in [0.15, 0.2) is 0 Å². The van der Waals surface area contributed by atoms with E-state index in [1.165, 1.54) is 0 Å². The molecule has 0 saturated heterocycles. The average Bonchev–Trinajstić information content (AvgIpc) is 2.99. The van der Waals surface area contributed by atoms with E-state index in [4.69, 9.17) is 19.3 Å². The number of anilines is 3. The zero-order valence-corrected chi connectivity index (χ0v) is 30.2. The second kappa shape index (κ2) is 19.9. The first-order valence-electron chi connectivity index (χ1n) is 16.3. The average molecular weight is 707 g/mol. The molecule has 3 amide bonds. The molecule has 0 aromatic heterocycles. The molecule has 272 valence electrons. The van der Waals surface area contributed by atoms with Crippen LogP contribution in [0.4, 0.5) is 21.9 Å². The number of ether oxygens (including phenoxy) is 2. The van der Waals surface area contributed by atoms with Crippen LogP contribution in [-0.4, -0.2) is 66.2 Å². The predicted octanol–water partition coefficient (Wildman–Crippen LogP) is 5.69. The van der Waals surface area contributed by atoms with E-state index in [1.807, 2.05) is 56.3 Å². The molecule has 15 heteroatoms. The van der Waals surface area contributed by atoms with Gasteiger partial charge in [0.05, 0.1) is 24.2 Å². The third kappa shape index (κ3) is 15.9. The van der Waals surface area contributed by atoms with Crippen LogP contribution in [0.3, 0.4) is 0 Å². The minimum atomic E-state index is -4.84. The first kappa shape index (κ1) is 41.2. The zero-order valence-electron chi connectivity index (χ0n) is 29.4. The monoisotopic (exact) mass is 706 g/mol. The molecule has 0 unspecified atom stereocenters. The minimum Gasteiger partial charge on any atom is -0.428 e. The highest BCUT2D eigenvalue weighted by Crippen LogP contribution is 2.37. The van der Waals surface area contributed by atoms with Crippen LogP contribution < -0.4 is 20.9 Å². The van der Waals surface area contributed by atoms with Crippen molar-refractivity contribution in [3.8, 4) is 0 Å². The summed E-state index contributed by atoms with van der Waals surface area (Å²) in [7, 11) is -4.84. The van der Waals surface area contributed by atoms with Gasteiger partial charge in [0.2, 0.25) is 12.7 Å². The highest BCUT2D eigenvalue weighted by molar-refractivity contribution is 7.46. The molecule has 2 aromatic carbocycles. The van der Waals surface area contributed by atoms with Crippen LogP contribution in [0.1, 0.15) is 77.8 Å². The molecule has 0 spiro atoms. The molecule has 0 aliphatic rings. The van der Waals surface area contributed by atoms with Crippen LogP contribution in [0.25, 0.3) is 0 Å². The Labute approximate surface area is 288 Å². The summed E-state index contributed by atoms with van der Waals surface area (Å²) in [5, 5.41) is 8.21. The summed E-state index contributed by atoms with van der Waals surface area (Å²) in [6, 6.07) is 12.9. The SMILES string of the molecule is CC[C@@H](CC(=O)OCOC(=O)CCNC(=O)[C@H](C)OP(=O)(O)O)c1ccc(N(CC(C)C)CC(C)C)c(NC(=O)Nc2ccc(C)cc2)c1. The van der Waals surface area contributed by atoms with Gasteiger partial charge >= 0.3 is 25.8 Å². The van der Waals surface area contributed by atoms with E-state index in [1.54, 1.807) is 0 Å². The number of phosphoric acid groups is 1. The lowest BCUT2D eigenvalue weighted by molar-refractivity contribution is -0.167. The number of amides is 3. The smallest absolute Gasteiger partial charge is 0.428 e. The van der Waals surface area contributed by atoms with Crippen molar-refractivity contribution in [1.82, 2.24) is 5.32 Å². The van der Waals surface area contributed by atoms with Crippen molar-refractivity contribution in [2.24, 2.45) is 11.8 Å². The van der Waals surface area contributed by atoms with Crippen LogP contribution in [0.15, 0.2) is 42.5 Å². The number of esters is 2. The molecule has 0 radical (unpaired) electrons. The van der Waals surface area contributed by atoms with Crippen molar-refractivity contribution in [3.63, 3.8) is 0 Å². The maximum atomic E-state index is 13.2. The Morgan fingerprint density at radius 3 is 2.06 bits per heavy atom. The van der Waals surface area contributed by atoms with Gasteiger partial charge in [0, 0.05) is 25.3 Å². The van der Waals surface area contributed by atoms with Gasteiger partial charge in [-0.3, -0.25) is 18.9 Å². The topological polar surface area (TPSA) is 193 Å². The molecule has 0 bridgehead atoms. The van der Waals surface area contributed by atoms with Gasteiger partial charge in [0.25, 0.3) is 0 Å². The number of benzene rings is 2. The number of phosphoric ester groups is 1. The lowest BCUT2D eigenvalue weighted by atomic mass is 9.92. The fraction of sp³-hybridized carbons (Fsp3) is 0.529. The van der Waals surface area contributed by atoms with E-state index in [0.29, 0.717) is 29.6 Å². The normalized spacial score (nSPS) is 12.6. The maximum Gasteiger partial charge on any atom is 0.470 e. The van der Waals surface area contributed by atoms with Crippen molar-refractivity contribution in [2.75, 3.05) is 42.0 Å². The van der Waals surface area contributed by atoms with Gasteiger partial charge in [0.1, 0.15) is 6.10 Å². The molecule has 0 aliphatic heterocycles. The number of hydrogen-bond donors (Lipinski definition) is 5. The van der Waals surface area contributed by atoms with Crippen molar-refractivity contribution < 1.29 is 47.5 Å². The summed E-state index contributed by atoms with van der Waals surface area (Å²) in [4.78, 5) is 69.5. The van der Waals surface area contributed by atoms with Gasteiger partial charge in [-0.25, -0.2) is 9.36 Å². The van der Waals surface area contributed by atoms with Crippen molar-refractivity contribution in [1.29, 1.82) is 0 Å². The van der Waals surface area contributed by atoms with Gasteiger partial charge in [-0.1, -0.05) is 58.4 Å².